The minimum atomic E-state index is 0.188. The van der Waals surface area contributed by atoms with Crippen LogP contribution in [0.4, 0.5) is 5.69 Å². The van der Waals surface area contributed by atoms with E-state index in [4.69, 9.17) is 0 Å². The second-order valence-electron chi connectivity index (χ2n) is 3.74. The zero-order valence-electron chi connectivity index (χ0n) is 8.34. The van der Waals surface area contributed by atoms with Gasteiger partial charge in [0.05, 0.1) is 0 Å². The molecule has 0 aromatic heterocycles. The summed E-state index contributed by atoms with van der Waals surface area (Å²) in [4.78, 5) is 13.8. The van der Waals surface area contributed by atoms with E-state index in [1.165, 1.54) is 5.56 Å². The molecule has 0 radical (unpaired) electrons. The van der Waals surface area contributed by atoms with Crippen LogP contribution in [-0.2, 0) is 4.79 Å². The Morgan fingerprint density at radius 3 is 2.73 bits per heavy atom. The van der Waals surface area contributed by atoms with Crippen LogP contribution in [0.5, 0.6) is 0 Å². The highest BCUT2D eigenvalue weighted by molar-refractivity contribution is 9.10. The molecule has 1 atom stereocenters. The molecule has 0 bridgehead atoms. The SMILES string of the molecule is Cc1ccc(N2CC(Br)CC2=O)cc1Br. The number of rotatable bonds is 1. The van der Waals surface area contributed by atoms with Crippen molar-refractivity contribution < 1.29 is 4.79 Å². The number of carbonyl (C=O) groups is 1. The number of benzene rings is 1. The predicted octanol–water partition coefficient (Wildman–Crippen LogP) is 3.26. The van der Waals surface area contributed by atoms with Gasteiger partial charge in [-0.25, -0.2) is 0 Å². The first-order chi connectivity index (χ1) is 7.08. The normalized spacial score (nSPS) is 21.1. The molecule has 0 aliphatic carbocycles. The van der Waals surface area contributed by atoms with Crippen molar-refractivity contribution in [2.45, 2.75) is 18.2 Å². The van der Waals surface area contributed by atoms with E-state index >= 15 is 0 Å². The van der Waals surface area contributed by atoms with Gasteiger partial charge in [0.15, 0.2) is 0 Å². The summed E-state index contributed by atoms with van der Waals surface area (Å²) in [5, 5.41) is 0. The Morgan fingerprint density at radius 1 is 1.47 bits per heavy atom. The summed E-state index contributed by atoms with van der Waals surface area (Å²) in [5.74, 6) is 0.188. The van der Waals surface area contributed by atoms with Gasteiger partial charge in [0.25, 0.3) is 0 Å². The van der Waals surface area contributed by atoms with Gasteiger partial charge in [-0.05, 0) is 24.6 Å². The Labute approximate surface area is 106 Å². The molecule has 1 amide bonds. The van der Waals surface area contributed by atoms with E-state index in [0.717, 1.165) is 16.7 Å². The third kappa shape index (κ3) is 2.26. The quantitative estimate of drug-likeness (QED) is 0.723. The third-order valence-electron chi connectivity index (χ3n) is 2.54. The van der Waals surface area contributed by atoms with E-state index in [1.807, 2.05) is 30.0 Å². The summed E-state index contributed by atoms with van der Waals surface area (Å²) >= 11 is 6.95. The molecule has 1 heterocycles. The molecule has 1 fully saturated rings. The van der Waals surface area contributed by atoms with Crippen molar-refractivity contribution in [3.05, 3.63) is 28.2 Å². The maximum atomic E-state index is 11.7. The van der Waals surface area contributed by atoms with Gasteiger partial charge in [-0.15, -0.1) is 0 Å². The number of nitrogens with zero attached hydrogens (tertiary/aromatic N) is 1. The maximum absolute atomic E-state index is 11.7. The number of halogens is 2. The third-order valence-corrected chi connectivity index (χ3v) is 4.01. The summed E-state index contributed by atoms with van der Waals surface area (Å²) in [7, 11) is 0. The first kappa shape index (κ1) is 11.1. The summed E-state index contributed by atoms with van der Waals surface area (Å²) < 4.78 is 1.05. The van der Waals surface area contributed by atoms with Crippen LogP contribution >= 0.6 is 31.9 Å². The summed E-state index contributed by atoms with van der Waals surface area (Å²) in [6.07, 6.45) is 0.589. The topological polar surface area (TPSA) is 20.3 Å². The lowest BCUT2D eigenvalue weighted by Crippen LogP contribution is -2.24. The molecule has 1 saturated heterocycles. The molecule has 4 heteroatoms. The average Bonchev–Trinajstić information content (AvgIpc) is 2.50. The van der Waals surface area contributed by atoms with Gasteiger partial charge in [0.1, 0.15) is 0 Å². The van der Waals surface area contributed by atoms with Crippen LogP contribution in [0.25, 0.3) is 0 Å². The van der Waals surface area contributed by atoms with E-state index in [9.17, 15) is 4.79 Å². The molecule has 1 unspecified atom stereocenters. The van der Waals surface area contributed by atoms with E-state index in [-0.39, 0.29) is 10.7 Å². The number of carbonyl (C=O) groups excluding carboxylic acids is 1. The average molecular weight is 333 g/mol. The zero-order valence-corrected chi connectivity index (χ0v) is 11.5. The summed E-state index contributed by atoms with van der Waals surface area (Å²) in [6.45, 7) is 2.79. The van der Waals surface area contributed by atoms with Crippen molar-refractivity contribution in [3.63, 3.8) is 0 Å². The number of hydrogen-bond donors (Lipinski definition) is 0. The molecule has 0 spiro atoms. The fourth-order valence-electron chi connectivity index (χ4n) is 1.66. The number of amides is 1. The summed E-state index contributed by atoms with van der Waals surface area (Å²) in [6, 6.07) is 6.01. The molecule has 1 aliphatic rings. The van der Waals surface area contributed by atoms with Crippen LogP contribution in [0, 0.1) is 6.92 Å². The number of alkyl halides is 1. The van der Waals surface area contributed by atoms with Crippen LogP contribution in [0.1, 0.15) is 12.0 Å². The molecular formula is C11H11Br2NO. The predicted molar refractivity (Wildman–Crippen MR) is 68.6 cm³/mol. The van der Waals surface area contributed by atoms with Crippen molar-refractivity contribution in [1.29, 1.82) is 0 Å². The molecule has 15 heavy (non-hydrogen) atoms. The molecule has 2 rings (SSSR count). The lowest BCUT2D eigenvalue weighted by Gasteiger charge is -2.16. The van der Waals surface area contributed by atoms with Crippen molar-refractivity contribution in [1.82, 2.24) is 0 Å². The van der Waals surface area contributed by atoms with Crippen molar-refractivity contribution >= 4 is 43.5 Å². The minimum Gasteiger partial charge on any atom is -0.311 e. The molecule has 1 aromatic rings. The highest BCUT2D eigenvalue weighted by Crippen LogP contribution is 2.28. The van der Waals surface area contributed by atoms with Crippen molar-refractivity contribution in [2.24, 2.45) is 0 Å². The fraction of sp³-hybridized carbons (Fsp3) is 0.364. The number of aryl methyl sites for hydroxylation is 1. The maximum Gasteiger partial charge on any atom is 0.228 e. The van der Waals surface area contributed by atoms with Gasteiger partial charge in [-0.2, -0.15) is 0 Å². The molecule has 0 N–H and O–H groups in total. The van der Waals surface area contributed by atoms with Crippen LogP contribution in [0.15, 0.2) is 22.7 Å². The number of anilines is 1. The zero-order chi connectivity index (χ0) is 11.0. The first-order valence-electron chi connectivity index (χ1n) is 4.78. The highest BCUT2D eigenvalue weighted by Gasteiger charge is 2.28. The van der Waals surface area contributed by atoms with E-state index in [0.29, 0.717) is 6.42 Å². The standard InChI is InChI=1S/C11H11Br2NO/c1-7-2-3-9(5-10(7)13)14-6-8(12)4-11(14)15/h2-3,5,8H,4,6H2,1H3. The van der Waals surface area contributed by atoms with Gasteiger partial charge < -0.3 is 4.90 Å². The van der Waals surface area contributed by atoms with Crippen LogP contribution < -0.4 is 4.90 Å². The molecule has 80 valence electrons. The van der Waals surface area contributed by atoms with Crippen molar-refractivity contribution in [3.8, 4) is 0 Å². The fourth-order valence-corrected chi connectivity index (χ4v) is 2.60. The molecule has 0 saturated carbocycles. The first-order valence-corrected chi connectivity index (χ1v) is 6.49. The van der Waals surface area contributed by atoms with Crippen LogP contribution in [-0.4, -0.2) is 17.3 Å². The van der Waals surface area contributed by atoms with Crippen LogP contribution in [0.2, 0.25) is 0 Å². The van der Waals surface area contributed by atoms with Gasteiger partial charge >= 0.3 is 0 Å². The van der Waals surface area contributed by atoms with Gasteiger partial charge in [0, 0.05) is 28.0 Å². The Balaban J connectivity index is 2.30. The molecular weight excluding hydrogens is 322 g/mol. The smallest absolute Gasteiger partial charge is 0.228 e. The van der Waals surface area contributed by atoms with E-state index in [2.05, 4.69) is 31.9 Å². The van der Waals surface area contributed by atoms with Gasteiger partial charge in [-0.3, -0.25) is 4.79 Å². The molecule has 1 aromatic carbocycles. The Hall–Kier alpha value is -0.350. The minimum absolute atomic E-state index is 0.188. The largest absolute Gasteiger partial charge is 0.311 e. The van der Waals surface area contributed by atoms with Gasteiger partial charge in [-0.1, -0.05) is 37.9 Å². The highest BCUT2D eigenvalue weighted by atomic mass is 79.9. The lowest BCUT2D eigenvalue weighted by atomic mass is 10.2. The van der Waals surface area contributed by atoms with Crippen LogP contribution in [0.3, 0.4) is 0 Å². The van der Waals surface area contributed by atoms with E-state index < -0.39 is 0 Å². The second kappa shape index (κ2) is 4.26. The monoisotopic (exact) mass is 331 g/mol. The van der Waals surface area contributed by atoms with E-state index in [1.54, 1.807) is 0 Å². The molecule has 1 aliphatic heterocycles. The lowest BCUT2D eigenvalue weighted by molar-refractivity contribution is -0.117. The van der Waals surface area contributed by atoms with Crippen molar-refractivity contribution in [2.75, 3.05) is 11.4 Å². The molecule has 2 nitrogen and oxygen atoms in total. The number of hydrogen-bond acceptors (Lipinski definition) is 1. The Kier molecular flexibility index (Phi) is 3.16. The summed E-state index contributed by atoms with van der Waals surface area (Å²) in [5.41, 5.74) is 2.15. The Morgan fingerprint density at radius 2 is 2.20 bits per heavy atom. The Bertz CT molecular complexity index is 406. The van der Waals surface area contributed by atoms with Gasteiger partial charge in [0.2, 0.25) is 5.91 Å². The second-order valence-corrected chi connectivity index (χ2v) is 5.89.